The fourth-order valence-electron chi connectivity index (χ4n) is 1.86. The quantitative estimate of drug-likeness (QED) is 0.816. The van der Waals surface area contributed by atoms with Crippen LogP contribution in [0.25, 0.3) is 0 Å². The molecule has 1 aliphatic rings. The fraction of sp³-hybridized carbons (Fsp3) is 0.385. The van der Waals surface area contributed by atoms with Crippen molar-refractivity contribution in [1.82, 2.24) is 0 Å². The maximum Gasteiger partial charge on any atom is 0.227 e. The molecule has 0 spiro atoms. The molecule has 0 bridgehead atoms. The summed E-state index contributed by atoms with van der Waals surface area (Å²) in [6.07, 6.45) is 0.957. The largest absolute Gasteiger partial charge is 0.495 e. The van der Waals surface area contributed by atoms with E-state index in [9.17, 15) is 4.79 Å². The number of ether oxygens (including phenoxy) is 1. The van der Waals surface area contributed by atoms with Crippen molar-refractivity contribution in [2.24, 2.45) is 17.6 Å². The molecule has 1 aromatic rings. The molecule has 1 aromatic carbocycles. The van der Waals surface area contributed by atoms with Gasteiger partial charge >= 0.3 is 0 Å². The molecule has 2 rings (SSSR count). The molecule has 4 nitrogen and oxygen atoms in total. The monoisotopic (exact) mass is 264 g/mol. The highest BCUT2D eigenvalue weighted by Crippen LogP contribution is 2.39. The normalized spacial score (nSPS) is 21.2. The Balaban J connectivity index is 2.17. The maximum atomic E-state index is 11.9. The molecule has 5 heteroatoms. The number of hydrogen-bond acceptors (Lipinski definition) is 3. The number of hydrogen-bond donors (Lipinski definition) is 2. The lowest BCUT2D eigenvalue weighted by Gasteiger charge is -2.11. The molecule has 96 valence electrons. The summed E-state index contributed by atoms with van der Waals surface area (Å²) in [5.74, 6) is 1.22. The van der Waals surface area contributed by atoms with E-state index in [1.807, 2.05) is 0 Å². The summed E-state index contributed by atoms with van der Waals surface area (Å²) in [5.41, 5.74) is 6.93. The molecule has 2 atom stereocenters. The summed E-state index contributed by atoms with van der Waals surface area (Å²) in [5, 5.41) is 2.87. The van der Waals surface area contributed by atoms with Crippen molar-refractivity contribution in [3.05, 3.63) is 23.8 Å². The first-order chi connectivity index (χ1) is 8.52. The van der Waals surface area contributed by atoms with Crippen molar-refractivity contribution < 1.29 is 9.53 Å². The number of thiocarbonyl (C=S) groups is 1. The van der Waals surface area contributed by atoms with Crippen LogP contribution in [0.15, 0.2) is 18.2 Å². The fourth-order valence-corrected chi connectivity index (χ4v) is 1.99. The number of carbonyl (C=O) groups is 1. The molecular weight excluding hydrogens is 248 g/mol. The van der Waals surface area contributed by atoms with Gasteiger partial charge in [0, 0.05) is 11.5 Å². The van der Waals surface area contributed by atoms with E-state index in [0.29, 0.717) is 22.3 Å². The number of rotatable bonds is 4. The molecule has 1 saturated carbocycles. The third kappa shape index (κ3) is 2.61. The van der Waals surface area contributed by atoms with E-state index in [-0.39, 0.29) is 11.8 Å². The van der Waals surface area contributed by atoms with Gasteiger partial charge in [0.05, 0.1) is 12.8 Å². The van der Waals surface area contributed by atoms with Crippen molar-refractivity contribution in [3.8, 4) is 5.75 Å². The first-order valence-corrected chi connectivity index (χ1v) is 6.22. The van der Waals surface area contributed by atoms with Gasteiger partial charge in [-0.05, 0) is 30.5 Å². The van der Waals surface area contributed by atoms with Crippen LogP contribution in [-0.2, 0) is 4.79 Å². The highest BCUT2D eigenvalue weighted by atomic mass is 32.1. The second-order valence-electron chi connectivity index (χ2n) is 4.59. The SMILES string of the molecule is COc1cc(C(N)=S)ccc1NC(=O)C1CC1C. The molecule has 0 aliphatic heterocycles. The lowest BCUT2D eigenvalue weighted by molar-refractivity contribution is -0.117. The van der Waals surface area contributed by atoms with E-state index in [0.717, 1.165) is 12.0 Å². The highest BCUT2D eigenvalue weighted by molar-refractivity contribution is 7.80. The Kier molecular flexibility index (Phi) is 3.52. The Morgan fingerprint density at radius 3 is 2.72 bits per heavy atom. The summed E-state index contributed by atoms with van der Waals surface area (Å²) in [4.78, 5) is 12.2. The van der Waals surface area contributed by atoms with Crippen molar-refractivity contribution in [2.45, 2.75) is 13.3 Å². The van der Waals surface area contributed by atoms with Gasteiger partial charge in [-0.25, -0.2) is 0 Å². The molecular formula is C13H16N2O2S. The van der Waals surface area contributed by atoms with Crippen LogP contribution in [0.3, 0.4) is 0 Å². The van der Waals surface area contributed by atoms with E-state index in [2.05, 4.69) is 12.2 Å². The summed E-state index contributed by atoms with van der Waals surface area (Å²) >= 11 is 4.90. The van der Waals surface area contributed by atoms with Gasteiger partial charge in [0.15, 0.2) is 0 Å². The van der Waals surface area contributed by atoms with Gasteiger partial charge in [0.25, 0.3) is 0 Å². The zero-order chi connectivity index (χ0) is 13.3. The molecule has 3 N–H and O–H groups in total. The molecule has 0 heterocycles. The smallest absolute Gasteiger partial charge is 0.227 e. The van der Waals surface area contributed by atoms with Gasteiger partial charge in [-0.3, -0.25) is 4.79 Å². The molecule has 1 fully saturated rings. The molecule has 0 aromatic heterocycles. The van der Waals surface area contributed by atoms with Gasteiger partial charge in [0.1, 0.15) is 10.7 Å². The van der Waals surface area contributed by atoms with Gasteiger partial charge in [-0.15, -0.1) is 0 Å². The minimum Gasteiger partial charge on any atom is -0.495 e. The second kappa shape index (κ2) is 4.94. The standard InChI is InChI=1S/C13H16N2O2S/c1-7-5-9(7)13(16)15-10-4-3-8(12(14)18)6-11(10)17-2/h3-4,6-7,9H,5H2,1-2H3,(H2,14,18)(H,15,16). The van der Waals surface area contributed by atoms with Crippen LogP contribution >= 0.6 is 12.2 Å². The average molecular weight is 264 g/mol. The van der Waals surface area contributed by atoms with E-state index in [4.69, 9.17) is 22.7 Å². The van der Waals surface area contributed by atoms with Gasteiger partial charge in [-0.1, -0.05) is 19.1 Å². The Morgan fingerprint density at radius 1 is 1.56 bits per heavy atom. The van der Waals surface area contributed by atoms with Crippen molar-refractivity contribution in [2.75, 3.05) is 12.4 Å². The number of nitrogens with one attached hydrogen (secondary N) is 1. The van der Waals surface area contributed by atoms with Crippen LogP contribution in [0.4, 0.5) is 5.69 Å². The van der Waals surface area contributed by atoms with E-state index >= 15 is 0 Å². The Hall–Kier alpha value is -1.62. The van der Waals surface area contributed by atoms with Crippen LogP contribution in [0.2, 0.25) is 0 Å². The third-order valence-corrected chi connectivity index (χ3v) is 3.43. The van der Waals surface area contributed by atoms with E-state index < -0.39 is 0 Å². The second-order valence-corrected chi connectivity index (χ2v) is 5.03. The third-order valence-electron chi connectivity index (χ3n) is 3.19. The number of nitrogens with two attached hydrogens (primary N) is 1. The van der Waals surface area contributed by atoms with Crippen molar-refractivity contribution in [3.63, 3.8) is 0 Å². The predicted molar refractivity (Wildman–Crippen MR) is 74.8 cm³/mol. The highest BCUT2D eigenvalue weighted by Gasteiger charge is 2.39. The van der Waals surface area contributed by atoms with Crippen LogP contribution in [0.5, 0.6) is 5.75 Å². The number of benzene rings is 1. The average Bonchev–Trinajstić information content (AvgIpc) is 3.06. The van der Waals surface area contributed by atoms with E-state index in [1.165, 1.54) is 0 Å². The van der Waals surface area contributed by atoms with Crippen LogP contribution in [0, 0.1) is 11.8 Å². The molecule has 0 radical (unpaired) electrons. The minimum absolute atomic E-state index is 0.0453. The molecule has 1 amide bonds. The Labute approximate surface area is 112 Å². The number of amides is 1. The summed E-state index contributed by atoms with van der Waals surface area (Å²) in [6.45, 7) is 2.07. The van der Waals surface area contributed by atoms with Crippen LogP contribution in [0.1, 0.15) is 18.9 Å². The topological polar surface area (TPSA) is 64.3 Å². The van der Waals surface area contributed by atoms with E-state index in [1.54, 1.807) is 25.3 Å². The van der Waals surface area contributed by atoms with Crippen molar-refractivity contribution in [1.29, 1.82) is 0 Å². The lowest BCUT2D eigenvalue weighted by Crippen LogP contribution is -2.16. The molecule has 1 aliphatic carbocycles. The lowest BCUT2D eigenvalue weighted by atomic mass is 10.2. The van der Waals surface area contributed by atoms with Gasteiger partial charge in [-0.2, -0.15) is 0 Å². The number of anilines is 1. The first-order valence-electron chi connectivity index (χ1n) is 5.81. The zero-order valence-electron chi connectivity index (χ0n) is 10.4. The predicted octanol–water partition coefficient (Wildman–Crippen LogP) is 1.92. The van der Waals surface area contributed by atoms with Crippen LogP contribution in [-0.4, -0.2) is 18.0 Å². The Morgan fingerprint density at radius 2 is 2.22 bits per heavy atom. The minimum atomic E-state index is 0.0453. The van der Waals surface area contributed by atoms with Crippen molar-refractivity contribution >= 4 is 28.8 Å². The van der Waals surface area contributed by atoms with Gasteiger partial charge in [0.2, 0.25) is 5.91 Å². The summed E-state index contributed by atoms with van der Waals surface area (Å²) in [6, 6.07) is 5.27. The summed E-state index contributed by atoms with van der Waals surface area (Å²) in [7, 11) is 1.55. The van der Waals surface area contributed by atoms with Gasteiger partial charge < -0.3 is 15.8 Å². The first kappa shape index (κ1) is 12.8. The Bertz CT molecular complexity index is 502. The molecule has 0 saturated heterocycles. The summed E-state index contributed by atoms with van der Waals surface area (Å²) < 4.78 is 5.23. The number of carbonyl (C=O) groups excluding carboxylic acids is 1. The van der Waals surface area contributed by atoms with Crippen LogP contribution < -0.4 is 15.8 Å². The zero-order valence-corrected chi connectivity index (χ0v) is 11.2. The maximum absolute atomic E-state index is 11.9. The molecule has 18 heavy (non-hydrogen) atoms. The molecule has 2 unspecified atom stereocenters. The number of methoxy groups -OCH3 is 1.